The molecule has 5 heteroatoms. The summed E-state index contributed by atoms with van der Waals surface area (Å²) < 4.78 is 0. The smallest absolute Gasteiger partial charge is 0.270 e. The first-order chi connectivity index (χ1) is 10.3. The van der Waals surface area contributed by atoms with Gasteiger partial charge >= 0.3 is 0 Å². The van der Waals surface area contributed by atoms with E-state index in [1.54, 1.807) is 17.5 Å². The van der Waals surface area contributed by atoms with E-state index in [4.69, 9.17) is 0 Å². The molecule has 0 radical (unpaired) electrons. The molecular formula is C16H15N3OS. The third kappa shape index (κ3) is 2.92. The number of pyridine rings is 1. The molecule has 0 fully saturated rings. The van der Waals surface area contributed by atoms with Gasteiger partial charge in [-0.15, -0.1) is 11.3 Å². The van der Waals surface area contributed by atoms with Crippen LogP contribution >= 0.6 is 11.3 Å². The number of thiazole rings is 1. The molecule has 0 aliphatic carbocycles. The molecule has 0 aliphatic heterocycles. The van der Waals surface area contributed by atoms with E-state index in [-0.39, 0.29) is 5.91 Å². The van der Waals surface area contributed by atoms with E-state index in [1.807, 2.05) is 35.7 Å². The van der Waals surface area contributed by atoms with Gasteiger partial charge in [0.2, 0.25) is 0 Å². The maximum absolute atomic E-state index is 12.3. The van der Waals surface area contributed by atoms with E-state index in [0.29, 0.717) is 12.2 Å². The quantitative estimate of drug-likeness (QED) is 0.804. The van der Waals surface area contributed by atoms with Crippen molar-refractivity contribution in [1.29, 1.82) is 0 Å². The highest BCUT2D eigenvalue weighted by Crippen LogP contribution is 2.16. The molecule has 21 heavy (non-hydrogen) atoms. The summed E-state index contributed by atoms with van der Waals surface area (Å²) in [6.07, 6.45) is 2.58. The predicted molar refractivity (Wildman–Crippen MR) is 84.4 cm³/mol. The normalized spacial score (nSPS) is 10.7. The number of hydrogen-bond acceptors (Lipinski definition) is 4. The van der Waals surface area contributed by atoms with Gasteiger partial charge in [0, 0.05) is 17.0 Å². The lowest BCUT2D eigenvalue weighted by Crippen LogP contribution is -2.24. The SMILES string of the molecule is CCc1nc(CNC(=O)c2nccc3ccccc23)cs1. The fourth-order valence-corrected chi connectivity index (χ4v) is 2.89. The van der Waals surface area contributed by atoms with Crippen LogP contribution in [-0.4, -0.2) is 15.9 Å². The molecule has 3 aromatic rings. The van der Waals surface area contributed by atoms with Gasteiger partial charge in [0.15, 0.2) is 0 Å². The van der Waals surface area contributed by atoms with Gasteiger partial charge in [-0.1, -0.05) is 31.2 Å². The average Bonchev–Trinajstić information content (AvgIpc) is 3.00. The van der Waals surface area contributed by atoms with Gasteiger partial charge in [-0.3, -0.25) is 9.78 Å². The topological polar surface area (TPSA) is 54.9 Å². The monoisotopic (exact) mass is 297 g/mol. The first-order valence-electron chi connectivity index (χ1n) is 6.83. The van der Waals surface area contributed by atoms with Crippen molar-refractivity contribution in [2.45, 2.75) is 19.9 Å². The van der Waals surface area contributed by atoms with Crippen LogP contribution < -0.4 is 5.32 Å². The fraction of sp³-hybridized carbons (Fsp3) is 0.188. The van der Waals surface area contributed by atoms with Gasteiger partial charge in [-0.2, -0.15) is 0 Å². The van der Waals surface area contributed by atoms with E-state index in [9.17, 15) is 4.79 Å². The lowest BCUT2D eigenvalue weighted by Gasteiger charge is -2.06. The van der Waals surface area contributed by atoms with Crippen molar-refractivity contribution >= 4 is 28.0 Å². The lowest BCUT2D eigenvalue weighted by atomic mass is 10.1. The Balaban J connectivity index is 1.78. The van der Waals surface area contributed by atoms with Crippen LogP contribution in [0.4, 0.5) is 0 Å². The number of nitrogens with one attached hydrogen (secondary N) is 1. The van der Waals surface area contributed by atoms with Crippen molar-refractivity contribution < 1.29 is 4.79 Å². The zero-order chi connectivity index (χ0) is 14.7. The van der Waals surface area contributed by atoms with Gasteiger partial charge < -0.3 is 5.32 Å². The maximum atomic E-state index is 12.3. The number of hydrogen-bond donors (Lipinski definition) is 1. The number of carbonyl (C=O) groups excluding carboxylic acids is 1. The number of benzene rings is 1. The van der Waals surface area contributed by atoms with Crippen LogP contribution in [0.15, 0.2) is 41.9 Å². The highest BCUT2D eigenvalue weighted by atomic mass is 32.1. The van der Waals surface area contributed by atoms with Crippen LogP contribution in [0.2, 0.25) is 0 Å². The molecular weight excluding hydrogens is 282 g/mol. The minimum Gasteiger partial charge on any atom is -0.345 e. The van der Waals surface area contributed by atoms with Gasteiger partial charge in [0.1, 0.15) is 5.69 Å². The Morgan fingerprint density at radius 2 is 2.14 bits per heavy atom. The molecule has 2 heterocycles. The Kier molecular flexibility index (Phi) is 3.92. The van der Waals surface area contributed by atoms with Crippen molar-refractivity contribution in [3.63, 3.8) is 0 Å². The molecule has 0 saturated carbocycles. The highest BCUT2D eigenvalue weighted by molar-refractivity contribution is 7.09. The number of carbonyl (C=O) groups is 1. The summed E-state index contributed by atoms with van der Waals surface area (Å²) in [4.78, 5) is 21.0. The van der Waals surface area contributed by atoms with Crippen LogP contribution in [0.25, 0.3) is 10.8 Å². The van der Waals surface area contributed by atoms with Crippen molar-refractivity contribution in [2.24, 2.45) is 0 Å². The zero-order valence-electron chi connectivity index (χ0n) is 11.7. The van der Waals surface area contributed by atoms with Gasteiger partial charge in [0.05, 0.1) is 17.2 Å². The number of rotatable bonds is 4. The first kappa shape index (κ1) is 13.7. The predicted octanol–water partition coefficient (Wildman–Crippen LogP) is 3.18. The number of amides is 1. The van der Waals surface area contributed by atoms with Crippen molar-refractivity contribution in [1.82, 2.24) is 15.3 Å². The van der Waals surface area contributed by atoms with E-state index < -0.39 is 0 Å². The van der Waals surface area contributed by atoms with Crippen molar-refractivity contribution in [2.75, 3.05) is 0 Å². The summed E-state index contributed by atoms with van der Waals surface area (Å²) in [5, 5.41) is 7.83. The van der Waals surface area contributed by atoms with E-state index in [2.05, 4.69) is 22.2 Å². The third-order valence-electron chi connectivity index (χ3n) is 3.22. The summed E-state index contributed by atoms with van der Waals surface area (Å²) in [5.74, 6) is -0.169. The van der Waals surface area contributed by atoms with Crippen molar-refractivity contribution in [3.8, 4) is 0 Å². The van der Waals surface area contributed by atoms with Gasteiger partial charge in [0.25, 0.3) is 5.91 Å². The Morgan fingerprint density at radius 1 is 1.29 bits per heavy atom. The van der Waals surface area contributed by atoms with Crippen LogP contribution in [0.1, 0.15) is 28.1 Å². The Bertz CT molecular complexity index is 777. The Labute approximate surface area is 126 Å². The molecule has 0 saturated heterocycles. The molecule has 0 unspecified atom stereocenters. The van der Waals surface area contributed by atoms with E-state index >= 15 is 0 Å². The van der Waals surface area contributed by atoms with Crippen LogP contribution in [0.5, 0.6) is 0 Å². The number of aryl methyl sites for hydroxylation is 1. The molecule has 3 rings (SSSR count). The molecule has 2 aromatic heterocycles. The molecule has 4 nitrogen and oxygen atoms in total. The molecule has 0 atom stereocenters. The molecule has 0 aliphatic rings. The molecule has 0 spiro atoms. The summed E-state index contributed by atoms with van der Waals surface area (Å²) in [6, 6.07) is 9.65. The van der Waals surface area contributed by atoms with Crippen LogP contribution in [0, 0.1) is 0 Å². The van der Waals surface area contributed by atoms with Crippen LogP contribution in [0.3, 0.4) is 0 Å². The first-order valence-corrected chi connectivity index (χ1v) is 7.71. The number of nitrogens with zero attached hydrogens (tertiary/aromatic N) is 2. The molecule has 106 valence electrons. The third-order valence-corrected chi connectivity index (χ3v) is 4.26. The lowest BCUT2D eigenvalue weighted by molar-refractivity contribution is 0.0947. The maximum Gasteiger partial charge on any atom is 0.270 e. The van der Waals surface area contributed by atoms with Crippen molar-refractivity contribution in [3.05, 3.63) is 58.3 Å². The number of fused-ring (bicyclic) bond motifs is 1. The Hall–Kier alpha value is -2.27. The fourth-order valence-electron chi connectivity index (χ4n) is 2.15. The molecule has 0 bridgehead atoms. The highest BCUT2D eigenvalue weighted by Gasteiger charge is 2.11. The summed E-state index contributed by atoms with van der Waals surface area (Å²) in [7, 11) is 0. The number of aromatic nitrogens is 2. The molecule has 1 aromatic carbocycles. The molecule has 1 amide bonds. The minimum atomic E-state index is -0.169. The van der Waals surface area contributed by atoms with E-state index in [0.717, 1.165) is 27.9 Å². The average molecular weight is 297 g/mol. The largest absolute Gasteiger partial charge is 0.345 e. The second kappa shape index (κ2) is 6.01. The summed E-state index contributed by atoms with van der Waals surface area (Å²) in [5.41, 5.74) is 1.35. The second-order valence-electron chi connectivity index (χ2n) is 4.65. The summed E-state index contributed by atoms with van der Waals surface area (Å²) in [6.45, 7) is 2.50. The van der Waals surface area contributed by atoms with Crippen LogP contribution in [-0.2, 0) is 13.0 Å². The summed E-state index contributed by atoms with van der Waals surface area (Å²) >= 11 is 1.62. The zero-order valence-corrected chi connectivity index (χ0v) is 12.5. The van der Waals surface area contributed by atoms with Gasteiger partial charge in [-0.25, -0.2) is 4.98 Å². The van der Waals surface area contributed by atoms with E-state index in [1.165, 1.54) is 0 Å². The Morgan fingerprint density at radius 3 is 2.95 bits per heavy atom. The standard InChI is InChI=1S/C16H15N3OS/c1-2-14-19-12(10-21-14)9-18-16(20)15-13-6-4-3-5-11(13)7-8-17-15/h3-8,10H,2,9H2,1H3,(H,18,20). The van der Waals surface area contributed by atoms with Gasteiger partial charge in [-0.05, 0) is 17.9 Å². The second-order valence-corrected chi connectivity index (χ2v) is 5.59. The minimum absolute atomic E-state index is 0.169. The molecule has 1 N–H and O–H groups in total.